The number of aromatic nitrogens is 2. The molecule has 0 fully saturated rings. The molecule has 2 aromatic heterocycles. The summed E-state index contributed by atoms with van der Waals surface area (Å²) in [6, 6.07) is 2.16. The maximum atomic E-state index is 13.8. The lowest BCUT2D eigenvalue weighted by atomic mass is 9.91. The van der Waals surface area contributed by atoms with E-state index in [9.17, 15) is 44.3 Å². The van der Waals surface area contributed by atoms with E-state index in [1.165, 1.54) is 17.9 Å². The second-order valence-electron chi connectivity index (χ2n) is 10.6. The third-order valence-corrected chi connectivity index (χ3v) is 6.91. The molecule has 0 saturated heterocycles. The van der Waals surface area contributed by atoms with Crippen molar-refractivity contribution in [1.82, 2.24) is 10.1 Å². The molecule has 0 radical (unpaired) electrons. The van der Waals surface area contributed by atoms with Crippen LogP contribution in [0, 0.1) is 6.92 Å². The van der Waals surface area contributed by atoms with Crippen LogP contribution in [-0.2, 0) is 29.8 Å². The minimum Gasteiger partial charge on any atom is -0.446 e. The van der Waals surface area contributed by atoms with Gasteiger partial charge in [-0.25, -0.2) is 9.78 Å². The van der Waals surface area contributed by atoms with Crippen molar-refractivity contribution >= 4 is 17.7 Å². The summed E-state index contributed by atoms with van der Waals surface area (Å²) in [5.74, 6) is -0.142. The van der Waals surface area contributed by atoms with Gasteiger partial charge in [0, 0.05) is 18.7 Å². The maximum absolute atomic E-state index is 13.8. The molecule has 16 heteroatoms. The number of benzene rings is 1. The predicted octanol–water partition coefficient (Wildman–Crippen LogP) is 8.72. The lowest BCUT2D eigenvalue weighted by Crippen LogP contribution is -2.48. The van der Waals surface area contributed by atoms with Gasteiger partial charge in [-0.1, -0.05) is 12.1 Å². The number of hydrogen-bond acceptors (Lipinski definition) is 6. The summed E-state index contributed by atoms with van der Waals surface area (Å²) in [7, 11) is 0. The van der Waals surface area contributed by atoms with E-state index >= 15 is 0 Å². The van der Waals surface area contributed by atoms with Gasteiger partial charge < -0.3 is 14.2 Å². The zero-order valence-electron chi connectivity index (χ0n) is 23.7. The molecule has 0 spiro atoms. The monoisotopic (exact) mass is 638 g/mol. The topological polar surface area (TPSA) is 71.7 Å². The van der Waals surface area contributed by atoms with Gasteiger partial charge in [-0.05, 0) is 69.5 Å². The second kappa shape index (κ2) is 11.8. The summed E-state index contributed by atoms with van der Waals surface area (Å²) in [6.45, 7) is 5.69. The third kappa shape index (κ3) is 7.04. The number of anilines is 2. The highest BCUT2D eigenvalue weighted by atomic mass is 19.4. The lowest BCUT2D eigenvalue weighted by molar-refractivity contribution is -0.143. The fourth-order valence-electron chi connectivity index (χ4n) is 5.01. The molecule has 44 heavy (non-hydrogen) atoms. The number of hydrogen-bond donors (Lipinski definition) is 0. The number of carbonyl (C=O) groups excluding carboxylic acids is 1. The van der Waals surface area contributed by atoms with Crippen LogP contribution in [0.25, 0.3) is 0 Å². The van der Waals surface area contributed by atoms with Crippen LogP contribution < -0.4 is 9.80 Å². The van der Waals surface area contributed by atoms with Crippen LogP contribution in [0.1, 0.15) is 73.4 Å². The number of nitrogens with zero attached hydrogens (tertiary/aromatic N) is 4. The molecule has 0 bridgehead atoms. The molecule has 2 atom stereocenters. The van der Waals surface area contributed by atoms with E-state index in [2.05, 4.69) is 10.1 Å². The first-order valence-electron chi connectivity index (χ1n) is 13.4. The summed E-state index contributed by atoms with van der Waals surface area (Å²) in [4.78, 5) is 19.3. The molecule has 1 amide bonds. The first-order chi connectivity index (χ1) is 20.3. The first kappa shape index (κ1) is 32.9. The van der Waals surface area contributed by atoms with Crippen molar-refractivity contribution in [3.8, 4) is 0 Å². The van der Waals surface area contributed by atoms with E-state index < -0.39 is 71.7 Å². The maximum Gasteiger partial charge on any atom is 0.433 e. The molecule has 0 aliphatic carbocycles. The van der Waals surface area contributed by atoms with Gasteiger partial charge in [0.2, 0.25) is 5.88 Å². The SMILES string of the molecule is CC[C@@H]1C[C@H](N(Cc2cc(C(F)(F)F)cc(C(F)(F)F)c2)c2cc(C)no2)c2nc(C(F)(F)F)ccc2N1C(=O)OC(C)C. The van der Waals surface area contributed by atoms with Crippen LogP contribution in [0.5, 0.6) is 0 Å². The van der Waals surface area contributed by atoms with Crippen molar-refractivity contribution in [1.29, 1.82) is 0 Å². The fourth-order valence-corrected chi connectivity index (χ4v) is 5.01. The Morgan fingerprint density at radius 1 is 1.00 bits per heavy atom. The van der Waals surface area contributed by atoms with Gasteiger partial charge in [0.15, 0.2) is 0 Å². The molecule has 0 saturated carbocycles. The number of halogens is 9. The number of fused-ring (bicyclic) bond motifs is 1. The quantitative estimate of drug-likeness (QED) is 0.252. The Balaban J connectivity index is 1.93. The average Bonchev–Trinajstić information content (AvgIpc) is 3.34. The Morgan fingerprint density at radius 2 is 1.61 bits per heavy atom. The van der Waals surface area contributed by atoms with Gasteiger partial charge in [0.1, 0.15) is 5.69 Å². The predicted molar refractivity (Wildman–Crippen MR) is 139 cm³/mol. The van der Waals surface area contributed by atoms with Crippen molar-refractivity contribution in [2.24, 2.45) is 0 Å². The van der Waals surface area contributed by atoms with E-state index in [-0.39, 0.29) is 41.9 Å². The normalized spacial score (nSPS) is 17.5. The standard InChI is InChI=1S/C28H27F9N4O3/c1-5-19-12-21(24-20(41(19)25(42)43-14(2)3)6-7-22(38-24)28(35,36)37)40(23-8-15(4)39-44-23)13-16-9-17(26(29,30)31)11-18(10-16)27(32,33)34/h6-11,14,19,21H,5,12-13H2,1-4H3/t19-,21+/m1/s1. The zero-order valence-corrected chi connectivity index (χ0v) is 23.7. The van der Waals surface area contributed by atoms with E-state index in [0.29, 0.717) is 18.2 Å². The molecule has 7 nitrogen and oxygen atoms in total. The fraction of sp³-hybridized carbons (Fsp3) is 0.464. The average molecular weight is 639 g/mol. The van der Waals surface area contributed by atoms with E-state index in [4.69, 9.17) is 9.26 Å². The number of alkyl halides is 9. The summed E-state index contributed by atoms with van der Waals surface area (Å²) in [5, 5.41) is 3.75. The highest BCUT2D eigenvalue weighted by Crippen LogP contribution is 2.45. The molecular weight excluding hydrogens is 611 g/mol. The number of rotatable bonds is 6. The molecule has 240 valence electrons. The number of carbonyl (C=O) groups is 1. The van der Waals surface area contributed by atoms with Gasteiger partial charge in [0.05, 0.1) is 40.3 Å². The molecule has 3 aromatic rings. The van der Waals surface area contributed by atoms with Gasteiger partial charge >= 0.3 is 24.6 Å². The summed E-state index contributed by atoms with van der Waals surface area (Å²) in [6.07, 6.45) is -16.5. The highest BCUT2D eigenvalue weighted by molar-refractivity contribution is 5.90. The molecule has 3 heterocycles. The van der Waals surface area contributed by atoms with Crippen LogP contribution in [0.4, 0.5) is 55.9 Å². The number of ether oxygens (including phenoxy) is 1. The molecular formula is C28H27F9N4O3. The zero-order chi connectivity index (χ0) is 32.8. The Hall–Kier alpha value is -3.98. The Kier molecular flexibility index (Phi) is 8.86. The van der Waals surface area contributed by atoms with Crippen LogP contribution in [0.2, 0.25) is 0 Å². The van der Waals surface area contributed by atoms with E-state index in [0.717, 1.165) is 11.0 Å². The number of amides is 1. The largest absolute Gasteiger partial charge is 0.446 e. The number of aryl methyl sites for hydroxylation is 1. The Bertz CT molecular complexity index is 1470. The van der Waals surface area contributed by atoms with Crippen molar-refractivity contribution in [2.45, 2.75) is 83.8 Å². The first-order valence-corrected chi connectivity index (χ1v) is 13.4. The molecule has 0 N–H and O–H groups in total. The van der Waals surface area contributed by atoms with Crippen LogP contribution in [-0.4, -0.2) is 28.4 Å². The number of pyridine rings is 1. The van der Waals surface area contributed by atoms with Crippen LogP contribution >= 0.6 is 0 Å². The smallest absolute Gasteiger partial charge is 0.433 e. The summed E-state index contributed by atoms with van der Waals surface area (Å²) < 4.78 is 134. The van der Waals surface area contributed by atoms with Crippen LogP contribution in [0.3, 0.4) is 0 Å². The van der Waals surface area contributed by atoms with Gasteiger partial charge in [0.25, 0.3) is 0 Å². The molecule has 1 aromatic carbocycles. The summed E-state index contributed by atoms with van der Waals surface area (Å²) >= 11 is 0. The third-order valence-electron chi connectivity index (χ3n) is 6.91. The van der Waals surface area contributed by atoms with Crippen molar-refractivity contribution < 1.29 is 53.6 Å². The van der Waals surface area contributed by atoms with E-state index in [1.807, 2.05) is 0 Å². The molecule has 1 aliphatic heterocycles. The van der Waals surface area contributed by atoms with Gasteiger partial charge in [-0.3, -0.25) is 4.90 Å². The molecule has 0 unspecified atom stereocenters. The molecule has 4 rings (SSSR count). The molecule has 1 aliphatic rings. The van der Waals surface area contributed by atoms with Crippen molar-refractivity contribution in [2.75, 3.05) is 9.80 Å². The Morgan fingerprint density at radius 3 is 2.09 bits per heavy atom. The highest BCUT2D eigenvalue weighted by Gasteiger charge is 2.44. The van der Waals surface area contributed by atoms with Crippen molar-refractivity contribution in [3.63, 3.8) is 0 Å². The van der Waals surface area contributed by atoms with Crippen molar-refractivity contribution in [3.05, 3.63) is 70.2 Å². The lowest BCUT2D eigenvalue weighted by Gasteiger charge is -2.43. The summed E-state index contributed by atoms with van der Waals surface area (Å²) in [5.41, 5.74) is -4.98. The van der Waals surface area contributed by atoms with Crippen LogP contribution in [0.15, 0.2) is 40.9 Å². The van der Waals surface area contributed by atoms with Gasteiger partial charge in [-0.2, -0.15) is 39.5 Å². The van der Waals surface area contributed by atoms with E-state index in [1.54, 1.807) is 20.8 Å². The van der Waals surface area contributed by atoms with Gasteiger partial charge in [-0.15, -0.1) is 0 Å². The second-order valence-corrected chi connectivity index (χ2v) is 10.6. The Labute approximate surface area is 245 Å². The minimum absolute atomic E-state index is 0.0230. The minimum atomic E-state index is -5.13.